The monoisotopic (exact) mass is 378 g/mol. The summed E-state index contributed by atoms with van der Waals surface area (Å²) in [6, 6.07) is 11.3. The zero-order chi connectivity index (χ0) is 18.8. The van der Waals surface area contributed by atoms with Crippen LogP contribution in [0.15, 0.2) is 61.2 Å². The van der Waals surface area contributed by atoms with Crippen molar-refractivity contribution in [3.63, 3.8) is 0 Å². The van der Waals surface area contributed by atoms with E-state index in [9.17, 15) is 4.79 Å². The van der Waals surface area contributed by atoms with Crippen LogP contribution in [0.5, 0.6) is 0 Å². The molecule has 0 saturated carbocycles. The van der Waals surface area contributed by atoms with Crippen molar-refractivity contribution in [1.29, 1.82) is 0 Å². The first-order valence-corrected chi connectivity index (χ1v) is 9.29. The summed E-state index contributed by atoms with van der Waals surface area (Å²) in [6.07, 6.45) is 7.06. The molecule has 1 aromatic carbocycles. The molecule has 1 unspecified atom stereocenters. The van der Waals surface area contributed by atoms with Crippen LogP contribution in [-0.2, 0) is 11.8 Å². The SMILES string of the molecule is CC(C(=O)Nc1nc(-c2ccccc2)c(-c2nccn2C)s1)n1cccn1. The zero-order valence-electron chi connectivity index (χ0n) is 14.9. The van der Waals surface area contributed by atoms with Crippen molar-refractivity contribution in [2.75, 3.05) is 5.32 Å². The summed E-state index contributed by atoms with van der Waals surface area (Å²) in [5.74, 6) is 0.644. The van der Waals surface area contributed by atoms with E-state index in [2.05, 4.69) is 20.4 Å². The second-order valence-electron chi connectivity index (χ2n) is 6.08. The lowest BCUT2D eigenvalue weighted by molar-refractivity contribution is -0.119. The Labute approximate surface area is 160 Å². The summed E-state index contributed by atoms with van der Waals surface area (Å²) < 4.78 is 3.55. The highest BCUT2D eigenvalue weighted by Gasteiger charge is 2.21. The summed E-state index contributed by atoms with van der Waals surface area (Å²) in [5.41, 5.74) is 1.78. The van der Waals surface area contributed by atoms with E-state index in [4.69, 9.17) is 0 Å². The third-order valence-electron chi connectivity index (χ3n) is 4.23. The molecule has 7 nitrogen and oxygen atoms in total. The Kier molecular flexibility index (Phi) is 4.55. The topological polar surface area (TPSA) is 77.6 Å². The van der Waals surface area contributed by atoms with Gasteiger partial charge in [0.25, 0.3) is 5.91 Å². The van der Waals surface area contributed by atoms with Gasteiger partial charge >= 0.3 is 0 Å². The molecule has 27 heavy (non-hydrogen) atoms. The Balaban J connectivity index is 1.69. The van der Waals surface area contributed by atoms with Crippen molar-refractivity contribution < 1.29 is 4.79 Å². The number of anilines is 1. The van der Waals surface area contributed by atoms with Crippen molar-refractivity contribution in [2.45, 2.75) is 13.0 Å². The van der Waals surface area contributed by atoms with E-state index in [0.29, 0.717) is 5.13 Å². The largest absolute Gasteiger partial charge is 0.333 e. The van der Waals surface area contributed by atoms with Gasteiger partial charge in [-0.2, -0.15) is 5.10 Å². The number of hydrogen-bond donors (Lipinski definition) is 1. The Hall–Kier alpha value is -3.26. The van der Waals surface area contributed by atoms with Crippen LogP contribution < -0.4 is 5.32 Å². The number of amides is 1. The number of thiazole rings is 1. The van der Waals surface area contributed by atoms with E-state index in [0.717, 1.165) is 22.0 Å². The number of hydrogen-bond acceptors (Lipinski definition) is 5. The predicted octanol–water partition coefficient (Wildman–Crippen LogP) is 3.61. The smallest absolute Gasteiger partial charge is 0.250 e. The van der Waals surface area contributed by atoms with Crippen LogP contribution in [0.1, 0.15) is 13.0 Å². The van der Waals surface area contributed by atoms with Crippen molar-refractivity contribution in [3.8, 4) is 22.0 Å². The van der Waals surface area contributed by atoms with Crippen LogP contribution in [0.4, 0.5) is 5.13 Å². The van der Waals surface area contributed by atoms with Crippen molar-refractivity contribution in [1.82, 2.24) is 24.3 Å². The van der Waals surface area contributed by atoms with E-state index >= 15 is 0 Å². The quantitative estimate of drug-likeness (QED) is 0.575. The lowest BCUT2D eigenvalue weighted by Gasteiger charge is -2.10. The van der Waals surface area contributed by atoms with E-state index < -0.39 is 6.04 Å². The molecule has 3 aromatic heterocycles. The van der Waals surface area contributed by atoms with Gasteiger partial charge in [0, 0.05) is 37.4 Å². The van der Waals surface area contributed by atoms with E-state index in [-0.39, 0.29) is 5.91 Å². The maximum absolute atomic E-state index is 12.6. The van der Waals surface area contributed by atoms with Gasteiger partial charge in [-0.25, -0.2) is 9.97 Å². The minimum atomic E-state index is -0.430. The third-order valence-corrected chi connectivity index (χ3v) is 5.20. The Morgan fingerprint density at radius 2 is 1.96 bits per heavy atom. The number of carbonyl (C=O) groups excluding carboxylic acids is 1. The number of rotatable bonds is 5. The Morgan fingerprint density at radius 1 is 1.15 bits per heavy atom. The third kappa shape index (κ3) is 3.39. The number of aromatic nitrogens is 5. The summed E-state index contributed by atoms with van der Waals surface area (Å²) in [7, 11) is 1.94. The average molecular weight is 378 g/mol. The van der Waals surface area contributed by atoms with Gasteiger partial charge in [-0.15, -0.1) is 0 Å². The van der Waals surface area contributed by atoms with Crippen LogP contribution >= 0.6 is 11.3 Å². The van der Waals surface area contributed by atoms with Crippen LogP contribution in [0.2, 0.25) is 0 Å². The standard InChI is InChI=1S/C19H18N6OS/c1-13(25-11-6-9-21-25)18(26)23-19-22-15(14-7-4-3-5-8-14)16(27-19)17-20-10-12-24(17)2/h3-13H,1-2H3,(H,22,23,26). The summed E-state index contributed by atoms with van der Waals surface area (Å²) in [5, 5.41) is 7.58. The van der Waals surface area contributed by atoms with Crippen LogP contribution in [0.3, 0.4) is 0 Å². The first kappa shape index (κ1) is 17.2. The molecule has 0 saturated heterocycles. The summed E-state index contributed by atoms with van der Waals surface area (Å²) in [4.78, 5) is 22.6. The molecule has 0 aliphatic carbocycles. The highest BCUT2D eigenvalue weighted by atomic mass is 32.1. The molecule has 4 aromatic rings. The highest BCUT2D eigenvalue weighted by Crippen LogP contribution is 2.38. The van der Waals surface area contributed by atoms with Crippen molar-refractivity contribution >= 4 is 22.4 Å². The zero-order valence-corrected chi connectivity index (χ0v) is 15.7. The molecule has 0 bridgehead atoms. The molecule has 0 spiro atoms. The molecule has 0 aliphatic rings. The molecule has 0 fully saturated rings. The van der Waals surface area contributed by atoms with Gasteiger partial charge < -0.3 is 9.88 Å². The molecule has 0 aliphatic heterocycles. The number of carbonyl (C=O) groups is 1. The second kappa shape index (κ2) is 7.16. The first-order valence-electron chi connectivity index (χ1n) is 8.47. The fourth-order valence-corrected chi connectivity index (χ4v) is 3.77. The minimum absolute atomic E-state index is 0.168. The lowest BCUT2D eigenvalue weighted by Crippen LogP contribution is -2.23. The fourth-order valence-electron chi connectivity index (χ4n) is 2.74. The maximum atomic E-state index is 12.6. The number of benzene rings is 1. The Morgan fingerprint density at radius 3 is 2.63 bits per heavy atom. The molecule has 0 radical (unpaired) electrons. The molecule has 1 atom stereocenters. The molecule has 8 heteroatoms. The molecule has 1 N–H and O–H groups in total. The van der Waals surface area contributed by atoms with Gasteiger partial charge in [0.15, 0.2) is 11.0 Å². The first-order chi connectivity index (χ1) is 13.1. The van der Waals surface area contributed by atoms with Gasteiger partial charge in [-0.3, -0.25) is 9.48 Å². The lowest BCUT2D eigenvalue weighted by atomic mass is 10.1. The Bertz CT molecular complexity index is 1050. The molecule has 136 valence electrons. The molecular formula is C19H18N6OS. The predicted molar refractivity (Wildman–Crippen MR) is 105 cm³/mol. The average Bonchev–Trinajstić information content (AvgIpc) is 3.42. The number of nitrogens with zero attached hydrogens (tertiary/aromatic N) is 5. The molecule has 3 heterocycles. The van der Waals surface area contributed by atoms with Crippen molar-refractivity contribution in [2.24, 2.45) is 7.05 Å². The summed E-state index contributed by atoms with van der Waals surface area (Å²) >= 11 is 1.41. The van der Waals surface area contributed by atoms with Gasteiger partial charge in [-0.1, -0.05) is 41.7 Å². The number of nitrogens with one attached hydrogen (secondary N) is 1. The minimum Gasteiger partial charge on any atom is -0.333 e. The number of aryl methyl sites for hydroxylation is 1. The van der Waals surface area contributed by atoms with Gasteiger partial charge in [-0.05, 0) is 13.0 Å². The van der Waals surface area contributed by atoms with Gasteiger partial charge in [0.05, 0.1) is 10.6 Å². The van der Waals surface area contributed by atoms with Gasteiger partial charge in [0.1, 0.15) is 6.04 Å². The van der Waals surface area contributed by atoms with E-state index in [1.807, 2.05) is 48.1 Å². The molecule has 4 rings (SSSR count). The van der Waals surface area contributed by atoms with Gasteiger partial charge in [0.2, 0.25) is 0 Å². The highest BCUT2D eigenvalue weighted by molar-refractivity contribution is 7.19. The van der Waals surface area contributed by atoms with E-state index in [1.54, 1.807) is 36.3 Å². The van der Waals surface area contributed by atoms with Crippen LogP contribution in [-0.4, -0.2) is 30.2 Å². The maximum Gasteiger partial charge on any atom is 0.250 e. The second-order valence-corrected chi connectivity index (χ2v) is 7.07. The normalized spacial score (nSPS) is 12.1. The van der Waals surface area contributed by atoms with Crippen LogP contribution in [0, 0.1) is 0 Å². The van der Waals surface area contributed by atoms with Crippen LogP contribution in [0.25, 0.3) is 22.0 Å². The summed E-state index contributed by atoms with van der Waals surface area (Å²) in [6.45, 7) is 1.80. The number of imidazole rings is 1. The van der Waals surface area contributed by atoms with Crippen molar-refractivity contribution in [3.05, 3.63) is 61.2 Å². The fraction of sp³-hybridized carbons (Fsp3) is 0.158. The van der Waals surface area contributed by atoms with E-state index in [1.165, 1.54) is 11.3 Å². The molecular weight excluding hydrogens is 360 g/mol. The molecule has 1 amide bonds.